The van der Waals surface area contributed by atoms with Gasteiger partial charge in [-0.05, 0) is 54.0 Å². The summed E-state index contributed by atoms with van der Waals surface area (Å²) in [5, 5.41) is 0. The van der Waals surface area contributed by atoms with Crippen LogP contribution in [0.3, 0.4) is 0 Å². The van der Waals surface area contributed by atoms with E-state index in [1.807, 2.05) is 6.07 Å². The maximum absolute atomic E-state index is 16.1. The summed E-state index contributed by atoms with van der Waals surface area (Å²) in [7, 11) is 0. The number of ether oxygens (including phenoxy) is 1. The van der Waals surface area contributed by atoms with Crippen molar-refractivity contribution in [3.8, 4) is 5.75 Å². The van der Waals surface area contributed by atoms with E-state index < -0.39 is 17.3 Å². The zero-order valence-electron chi connectivity index (χ0n) is 18.2. The van der Waals surface area contributed by atoms with E-state index in [0.29, 0.717) is 17.9 Å². The average Bonchev–Trinajstić information content (AvgIpc) is 2.77. The summed E-state index contributed by atoms with van der Waals surface area (Å²) in [5.74, 6) is -0.384. The lowest BCUT2D eigenvalue weighted by atomic mass is 9.78. The van der Waals surface area contributed by atoms with Gasteiger partial charge in [0.1, 0.15) is 17.4 Å². The van der Waals surface area contributed by atoms with Gasteiger partial charge < -0.3 is 4.74 Å². The molecule has 0 aliphatic heterocycles. The Morgan fingerprint density at radius 2 is 1.65 bits per heavy atom. The number of halogens is 3. The van der Waals surface area contributed by atoms with Gasteiger partial charge >= 0.3 is 0 Å². The number of hydrogen-bond donors (Lipinski definition) is 0. The van der Waals surface area contributed by atoms with Gasteiger partial charge in [-0.25, -0.2) is 13.2 Å². The van der Waals surface area contributed by atoms with E-state index in [0.717, 1.165) is 12.8 Å². The summed E-state index contributed by atoms with van der Waals surface area (Å²) in [6.45, 7) is 2.80. The molecule has 2 aromatic carbocycles. The van der Waals surface area contributed by atoms with Gasteiger partial charge in [-0.3, -0.25) is 0 Å². The molecule has 1 aliphatic carbocycles. The van der Waals surface area contributed by atoms with Crippen LogP contribution in [0.25, 0.3) is 5.57 Å². The van der Waals surface area contributed by atoms with E-state index in [2.05, 4.69) is 6.92 Å². The van der Waals surface area contributed by atoms with Gasteiger partial charge in [0.25, 0.3) is 0 Å². The van der Waals surface area contributed by atoms with Crippen molar-refractivity contribution in [1.82, 2.24) is 0 Å². The molecule has 0 aromatic heterocycles. The second-order valence-electron chi connectivity index (χ2n) is 8.16. The molecular formula is C27H31F3O. The minimum atomic E-state index is -2.01. The number of benzene rings is 2. The highest BCUT2D eigenvalue weighted by Gasteiger charge is 2.39. The highest BCUT2D eigenvalue weighted by Crippen LogP contribution is 2.47. The molecular weight excluding hydrogens is 397 g/mol. The average molecular weight is 429 g/mol. The van der Waals surface area contributed by atoms with Crippen LogP contribution in [-0.2, 0) is 5.67 Å². The molecule has 4 heteroatoms. The molecule has 31 heavy (non-hydrogen) atoms. The van der Waals surface area contributed by atoms with Crippen LogP contribution in [0.15, 0.2) is 66.5 Å². The van der Waals surface area contributed by atoms with Crippen LogP contribution >= 0.6 is 0 Å². The van der Waals surface area contributed by atoms with E-state index in [1.165, 1.54) is 68.5 Å². The standard InChI is InChI=1S/C27H31F3O/c1-2-3-4-5-6-7-8-17-31-25-14-9-11-21(18-25)26-20-24(29)15-16-27(26,30)22-12-10-13-23(28)19-22/h9-15,18-20H,2-8,16-17H2,1H3. The predicted octanol–water partition coefficient (Wildman–Crippen LogP) is 8.46. The van der Waals surface area contributed by atoms with Gasteiger partial charge in [0.2, 0.25) is 0 Å². The molecule has 0 N–H and O–H groups in total. The molecule has 0 fully saturated rings. The minimum Gasteiger partial charge on any atom is -0.494 e. The van der Waals surface area contributed by atoms with Crippen LogP contribution in [0.1, 0.15) is 69.4 Å². The molecule has 0 radical (unpaired) electrons. The number of alkyl halides is 1. The number of hydrogen-bond acceptors (Lipinski definition) is 1. The summed E-state index contributed by atoms with van der Waals surface area (Å²) in [6.07, 6.45) is 10.6. The van der Waals surface area contributed by atoms with Crippen molar-refractivity contribution in [2.75, 3.05) is 6.61 Å². The quantitative estimate of drug-likeness (QED) is 0.326. The SMILES string of the molecule is CCCCCCCCCOc1cccc(C2=CC(F)=CCC2(F)c2cccc(F)c2)c1. The van der Waals surface area contributed by atoms with E-state index in [4.69, 9.17) is 4.74 Å². The molecule has 166 valence electrons. The van der Waals surface area contributed by atoms with Crippen molar-refractivity contribution in [3.05, 3.63) is 83.5 Å². The summed E-state index contributed by atoms with van der Waals surface area (Å²) >= 11 is 0. The summed E-state index contributed by atoms with van der Waals surface area (Å²) in [6, 6.07) is 12.5. The highest BCUT2D eigenvalue weighted by molar-refractivity contribution is 5.77. The number of unbranched alkanes of at least 4 members (excludes halogenated alkanes) is 6. The van der Waals surface area contributed by atoms with Crippen LogP contribution in [-0.4, -0.2) is 6.61 Å². The first kappa shape index (κ1) is 23.2. The Morgan fingerprint density at radius 3 is 2.42 bits per heavy atom. The lowest BCUT2D eigenvalue weighted by Gasteiger charge is -2.30. The molecule has 0 heterocycles. The molecule has 3 rings (SSSR count). The smallest absolute Gasteiger partial charge is 0.165 e. The van der Waals surface area contributed by atoms with E-state index in [1.54, 1.807) is 18.2 Å². The van der Waals surface area contributed by atoms with Crippen LogP contribution in [0.2, 0.25) is 0 Å². The zero-order chi connectivity index (χ0) is 22.1. The molecule has 1 unspecified atom stereocenters. The summed E-state index contributed by atoms with van der Waals surface area (Å²) in [5.41, 5.74) is -1.11. The summed E-state index contributed by atoms with van der Waals surface area (Å²) in [4.78, 5) is 0. The second kappa shape index (κ2) is 11.2. The first-order valence-corrected chi connectivity index (χ1v) is 11.3. The largest absolute Gasteiger partial charge is 0.494 e. The van der Waals surface area contributed by atoms with E-state index >= 15 is 4.39 Å². The van der Waals surface area contributed by atoms with E-state index in [9.17, 15) is 8.78 Å². The van der Waals surface area contributed by atoms with Gasteiger partial charge in [0.05, 0.1) is 6.61 Å². The zero-order valence-corrected chi connectivity index (χ0v) is 18.2. The van der Waals surface area contributed by atoms with Crippen LogP contribution in [0.4, 0.5) is 13.2 Å². The fourth-order valence-corrected chi connectivity index (χ4v) is 3.98. The maximum Gasteiger partial charge on any atom is 0.165 e. The third-order valence-electron chi connectivity index (χ3n) is 5.73. The van der Waals surface area contributed by atoms with Crippen molar-refractivity contribution >= 4 is 5.57 Å². The predicted molar refractivity (Wildman–Crippen MR) is 121 cm³/mol. The molecule has 0 bridgehead atoms. The fourth-order valence-electron chi connectivity index (χ4n) is 3.98. The molecule has 1 nitrogen and oxygen atoms in total. The van der Waals surface area contributed by atoms with Crippen LogP contribution in [0, 0.1) is 5.82 Å². The van der Waals surface area contributed by atoms with Crippen LogP contribution in [0.5, 0.6) is 5.75 Å². The normalized spacial score (nSPS) is 18.5. The Kier molecular flexibility index (Phi) is 8.39. The third kappa shape index (κ3) is 6.25. The first-order valence-electron chi connectivity index (χ1n) is 11.3. The topological polar surface area (TPSA) is 9.23 Å². The minimum absolute atomic E-state index is 0.178. The Balaban J connectivity index is 1.68. The highest BCUT2D eigenvalue weighted by atomic mass is 19.1. The first-order chi connectivity index (χ1) is 15.0. The monoisotopic (exact) mass is 428 g/mol. The Bertz CT molecular complexity index is 918. The number of allylic oxidation sites excluding steroid dienone is 4. The second-order valence-corrected chi connectivity index (χ2v) is 8.16. The Labute approximate surface area is 183 Å². The lowest BCUT2D eigenvalue weighted by Crippen LogP contribution is -2.24. The summed E-state index contributed by atoms with van der Waals surface area (Å²) < 4.78 is 49.8. The van der Waals surface area contributed by atoms with Crippen molar-refractivity contribution < 1.29 is 17.9 Å². The van der Waals surface area contributed by atoms with Crippen molar-refractivity contribution in [2.24, 2.45) is 0 Å². The van der Waals surface area contributed by atoms with Crippen molar-refractivity contribution in [1.29, 1.82) is 0 Å². The third-order valence-corrected chi connectivity index (χ3v) is 5.73. The Hall–Kier alpha value is -2.49. The van der Waals surface area contributed by atoms with Gasteiger partial charge in [-0.2, -0.15) is 0 Å². The van der Waals surface area contributed by atoms with E-state index in [-0.39, 0.29) is 17.6 Å². The van der Waals surface area contributed by atoms with Crippen molar-refractivity contribution in [3.63, 3.8) is 0 Å². The fraction of sp³-hybridized carbons (Fsp3) is 0.407. The number of rotatable bonds is 11. The van der Waals surface area contributed by atoms with Gasteiger partial charge in [-0.1, -0.05) is 69.7 Å². The molecule has 0 saturated heterocycles. The maximum atomic E-state index is 16.1. The lowest BCUT2D eigenvalue weighted by molar-refractivity contribution is 0.246. The van der Waals surface area contributed by atoms with Gasteiger partial charge in [0.15, 0.2) is 5.67 Å². The van der Waals surface area contributed by atoms with Gasteiger partial charge in [-0.15, -0.1) is 0 Å². The van der Waals surface area contributed by atoms with Crippen LogP contribution < -0.4 is 4.74 Å². The molecule has 0 amide bonds. The molecule has 1 aliphatic rings. The van der Waals surface area contributed by atoms with Gasteiger partial charge in [0, 0.05) is 12.0 Å². The molecule has 0 spiro atoms. The molecule has 1 atom stereocenters. The molecule has 0 saturated carbocycles. The van der Waals surface area contributed by atoms with Crippen molar-refractivity contribution in [2.45, 2.75) is 64.0 Å². The Morgan fingerprint density at radius 1 is 0.903 bits per heavy atom. The molecule has 2 aromatic rings.